The van der Waals surface area contributed by atoms with Crippen LogP contribution in [-0.4, -0.2) is 51.3 Å². The first kappa shape index (κ1) is 18.1. The molecule has 1 fully saturated rings. The number of benzene rings is 1. The number of nitrogens with one attached hydrogen (secondary N) is 1. The molecule has 2 aromatic rings. The molecule has 1 atom stereocenters. The molecule has 1 amide bonds. The SMILES string of the molecule is Cc1ccc(-n2nc(C)cc2NC(=O)CN2CCC(C)(C(=O)O)C2)cc1. The maximum absolute atomic E-state index is 12.5. The lowest BCUT2D eigenvalue weighted by Crippen LogP contribution is -2.36. The van der Waals surface area contributed by atoms with Crippen LogP contribution in [0.5, 0.6) is 0 Å². The number of nitrogens with zero attached hydrogens (tertiary/aromatic N) is 3. The van der Waals surface area contributed by atoms with Gasteiger partial charge in [0.15, 0.2) is 0 Å². The molecule has 0 saturated carbocycles. The third-order valence-corrected chi connectivity index (χ3v) is 4.81. The first-order valence-corrected chi connectivity index (χ1v) is 8.66. The van der Waals surface area contributed by atoms with Crippen molar-refractivity contribution in [3.05, 3.63) is 41.6 Å². The van der Waals surface area contributed by atoms with Crippen molar-refractivity contribution in [3.8, 4) is 5.69 Å². The van der Waals surface area contributed by atoms with E-state index in [1.807, 2.05) is 49.1 Å². The first-order valence-electron chi connectivity index (χ1n) is 8.66. The fourth-order valence-corrected chi connectivity index (χ4v) is 3.22. The van der Waals surface area contributed by atoms with E-state index in [1.54, 1.807) is 11.6 Å². The van der Waals surface area contributed by atoms with Crippen molar-refractivity contribution in [2.45, 2.75) is 27.2 Å². The van der Waals surface area contributed by atoms with Crippen LogP contribution in [0.4, 0.5) is 5.82 Å². The van der Waals surface area contributed by atoms with Crippen molar-refractivity contribution in [3.63, 3.8) is 0 Å². The highest BCUT2D eigenvalue weighted by Gasteiger charge is 2.40. The van der Waals surface area contributed by atoms with E-state index in [2.05, 4.69) is 10.4 Å². The molecule has 1 aromatic heterocycles. The number of aromatic nitrogens is 2. The monoisotopic (exact) mass is 356 g/mol. The average Bonchev–Trinajstić information content (AvgIpc) is 3.12. The maximum atomic E-state index is 12.5. The second-order valence-corrected chi connectivity index (χ2v) is 7.29. The molecule has 3 rings (SSSR count). The molecule has 1 aromatic carbocycles. The molecule has 1 unspecified atom stereocenters. The Balaban J connectivity index is 1.69. The number of amides is 1. The maximum Gasteiger partial charge on any atom is 0.310 e. The fraction of sp³-hybridized carbons (Fsp3) is 0.421. The highest BCUT2D eigenvalue weighted by Crippen LogP contribution is 2.29. The van der Waals surface area contributed by atoms with Gasteiger partial charge in [0.25, 0.3) is 0 Å². The van der Waals surface area contributed by atoms with Crippen molar-refractivity contribution < 1.29 is 14.7 Å². The average molecular weight is 356 g/mol. The van der Waals surface area contributed by atoms with Crippen molar-refractivity contribution in [1.29, 1.82) is 0 Å². The predicted molar refractivity (Wildman–Crippen MR) is 98.5 cm³/mol. The highest BCUT2D eigenvalue weighted by molar-refractivity contribution is 5.92. The molecule has 2 N–H and O–H groups in total. The zero-order valence-corrected chi connectivity index (χ0v) is 15.3. The van der Waals surface area contributed by atoms with Gasteiger partial charge in [0.2, 0.25) is 5.91 Å². The van der Waals surface area contributed by atoms with Gasteiger partial charge in [-0.05, 0) is 45.9 Å². The Hall–Kier alpha value is -2.67. The van der Waals surface area contributed by atoms with Crippen LogP contribution in [0.25, 0.3) is 5.69 Å². The second kappa shape index (κ2) is 6.92. The lowest BCUT2D eigenvalue weighted by atomic mass is 9.90. The van der Waals surface area contributed by atoms with E-state index in [1.165, 1.54) is 0 Å². The molecule has 1 saturated heterocycles. The number of rotatable bonds is 5. The lowest BCUT2D eigenvalue weighted by molar-refractivity contribution is -0.147. The smallest absolute Gasteiger partial charge is 0.310 e. The van der Waals surface area contributed by atoms with E-state index in [9.17, 15) is 14.7 Å². The number of anilines is 1. The van der Waals surface area contributed by atoms with Crippen LogP contribution in [0.2, 0.25) is 0 Å². The number of hydrogen-bond acceptors (Lipinski definition) is 4. The number of hydrogen-bond donors (Lipinski definition) is 2. The Morgan fingerprint density at radius 3 is 2.58 bits per heavy atom. The van der Waals surface area contributed by atoms with Gasteiger partial charge in [0.05, 0.1) is 23.3 Å². The number of carbonyl (C=O) groups excluding carboxylic acids is 1. The highest BCUT2D eigenvalue weighted by atomic mass is 16.4. The van der Waals surface area contributed by atoms with Gasteiger partial charge in [-0.25, -0.2) is 4.68 Å². The van der Waals surface area contributed by atoms with E-state index in [0.717, 1.165) is 16.9 Å². The molecule has 0 aliphatic carbocycles. The summed E-state index contributed by atoms with van der Waals surface area (Å²) in [6.07, 6.45) is 0.552. The summed E-state index contributed by atoms with van der Waals surface area (Å²) in [6, 6.07) is 9.72. The van der Waals surface area contributed by atoms with E-state index >= 15 is 0 Å². The second-order valence-electron chi connectivity index (χ2n) is 7.29. The molecular formula is C19H24N4O3. The third-order valence-electron chi connectivity index (χ3n) is 4.81. The van der Waals surface area contributed by atoms with Gasteiger partial charge in [0.1, 0.15) is 5.82 Å². The Morgan fingerprint density at radius 2 is 1.96 bits per heavy atom. The van der Waals surface area contributed by atoms with Gasteiger partial charge in [-0.1, -0.05) is 17.7 Å². The summed E-state index contributed by atoms with van der Waals surface area (Å²) >= 11 is 0. The molecule has 138 valence electrons. The molecule has 0 bridgehead atoms. The van der Waals surface area contributed by atoms with Crippen molar-refractivity contribution in [2.75, 3.05) is 25.0 Å². The molecule has 2 heterocycles. The molecule has 26 heavy (non-hydrogen) atoms. The standard InChI is InChI=1S/C19H24N4O3/c1-13-4-6-15(7-5-13)23-16(10-14(2)21-23)20-17(24)11-22-9-8-19(3,12-22)18(25)26/h4-7,10H,8-9,11-12H2,1-3H3,(H,20,24)(H,25,26). The summed E-state index contributed by atoms with van der Waals surface area (Å²) in [4.78, 5) is 25.7. The number of aliphatic carboxylic acids is 1. The molecule has 7 heteroatoms. The molecule has 1 aliphatic heterocycles. The Bertz CT molecular complexity index is 828. The van der Waals surface area contributed by atoms with Gasteiger partial charge < -0.3 is 10.4 Å². The Morgan fingerprint density at radius 1 is 1.27 bits per heavy atom. The Labute approximate surface area is 152 Å². The number of carboxylic acids is 1. The predicted octanol–water partition coefficient (Wildman–Crippen LogP) is 2.22. The Kier molecular flexibility index (Phi) is 4.82. The van der Waals surface area contributed by atoms with Gasteiger partial charge >= 0.3 is 5.97 Å². The van der Waals surface area contributed by atoms with Crippen LogP contribution >= 0.6 is 0 Å². The number of likely N-dealkylation sites (tertiary alicyclic amines) is 1. The summed E-state index contributed by atoms with van der Waals surface area (Å²) < 4.78 is 1.71. The summed E-state index contributed by atoms with van der Waals surface area (Å²) in [5, 5.41) is 16.7. The van der Waals surface area contributed by atoms with Crippen molar-refractivity contribution in [1.82, 2.24) is 14.7 Å². The lowest BCUT2D eigenvalue weighted by Gasteiger charge is -2.19. The van der Waals surface area contributed by atoms with E-state index in [0.29, 0.717) is 25.3 Å². The fourth-order valence-electron chi connectivity index (χ4n) is 3.22. The largest absolute Gasteiger partial charge is 0.481 e. The van der Waals surface area contributed by atoms with E-state index in [4.69, 9.17) is 0 Å². The first-order chi connectivity index (χ1) is 12.3. The molecule has 1 aliphatic rings. The van der Waals surface area contributed by atoms with E-state index in [-0.39, 0.29) is 12.5 Å². The van der Waals surface area contributed by atoms with Crippen LogP contribution in [0.1, 0.15) is 24.6 Å². The van der Waals surface area contributed by atoms with E-state index < -0.39 is 11.4 Å². The summed E-state index contributed by atoms with van der Waals surface area (Å²) in [7, 11) is 0. The quantitative estimate of drug-likeness (QED) is 0.858. The van der Waals surface area contributed by atoms with Crippen LogP contribution in [0, 0.1) is 19.3 Å². The van der Waals surface area contributed by atoms with Crippen molar-refractivity contribution >= 4 is 17.7 Å². The minimum absolute atomic E-state index is 0.168. The number of aryl methyl sites for hydroxylation is 2. The van der Waals surface area contributed by atoms with Gasteiger partial charge in [-0.15, -0.1) is 0 Å². The summed E-state index contributed by atoms with van der Waals surface area (Å²) in [5.74, 6) is -0.377. The van der Waals surface area contributed by atoms with Gasteiger partial charge in [-0.2, -0.15) is 5.10 Å². The zero-order chi connectivity index (χ0) is 18.9. The summed E-state index contributed by atoms with van der Waals surface area (Å²) in [6.45, 7) is 6.77. The van der Waals surface area contributed by atoms with Gasteiger partial charge in [-0.3, -0.25) is 14.5 Å². The minimum atomic E-state index is -0.812. The van der Waals surface area contributed by atoms with Crippen LogP contribution in [0.15, 0.2) is 30.3 Å². The summed E-state index contributed by atoms with van der Waals surface area (Å²) in [5.41, 5.74) is 2.05. The molecule has 0 spiro atoms. The van der Waals surface area contributed by atoms with Crippen molar-refractivity contribution in [2.24, 2.45) is 5.41 Å². The van der Waals surface area contributed by atoms with Crippen LogP contribution in [0.3, 0.4) is 0 Å². The third kappa shape index (κ3) is 3.77. The van der Waals surface area contributed by atoms with Gasteiger partial charge in [0, 0.05) is 12.6 Å². The number of carbonyl (C=O) groups is 2. The minimum Gasteiger partial charge on any atom is -0.481 e. The zero-order valence-electron chi connectivity index (χ0n) is 15.3. The number of carboxylic acid groups (broad SMARTS) is 1. The van der Waals surface area contributed by atoms with Crippen LogP contribution in [-0.2, 0) is 9.59 Å². The van der Waals surface area contributed by atoms with Crippen LogP contribution < -0.4 is 5.32 Å². The topological polar surface area (TPSA) is 87.5 Å². The molecule has 7 nitrogen and oxygen atoms in total. The normalized spacial score (nSPS) is 20.3. The molecule has 0 radical (unpaired) electrons. The molecular weight excluding hydrogens is 332 g/mol.